The molecule has 0 unspecified atom stereocenters. The SMILES string of the molecule is CCCC[S@@+]([O-])c1sc2nc(-c3cccs3)cc(-c3ccccc3)c2c1N. The van der Waals surface area contributed by atoms with Gasteiger partial charge >= 0.3 is 0 Å². The Bertz CT molecular complexity index is 1040. The van der Waals surface area contributed by atoms with E-state index in [-0.39, 0.29) is 0 Å². The molecule has 3 aromatic heterocycles. The van der Waals surface area contributed by atoms with Crippen LogP contribution in [0.2, 0.25) is 0 Å². The molecule has 0 saturated carbocycles. The number of unbranched alkanes of at least 4 members (excludes halogenated alkanes) is 1. The van der Waals surface area contributed by atoms with E-state index >= 15 is 0 Å². The van der Waals surface area contributed by atoms with Crippen LogP contribution < -0.4 is 5.73 Å². The zero-order valence-electron chi connectivity index (χ0n) is 15.0. The summed E-state index contributed by atoms with van der Waals surface area (Å²) >= 11 is 2.06. The minimum absolute atomic E-state index is 0.619. The van der Waals surface area contributed by atoms with Crippen LogP contribution in [0, 0.1) is 0 Å². The summed E-state index contributed by atoms with van der Waals surface area (Å²) in [6.45, 7) is 2.11. The minimum atomic E-state index is -1.08. The van der Waals surface area contributed by atoms with Gasteiger partial charge in [0.05, 0.1) is 10.6 Å². The fourth-order valence-electron chi connectivity index (χ4n) is 3.03. The molecule has 3 nitrogen and oxygen atoms in total. The molecule has 0 amide bonds. The number of thiophene rings is 2. The third-order valence-electron chi connectivity index (χ3n) is 4.41. The first kappa shape index (κ1) is 18.5. The van der Waals surface area contributed by atoms with E-state index in [4.69, 9.17) is 10.7 Å². The van der Waals surface area contributed by atoms with Crippen LogP contribution in [0.4, 0.5) is 5.69 Å². The molecule has 0 saturated heterocycles. The number of fused-ring (bicyclic) bond motifs is 1. The highest BCUT2D eigenvalue weighted by molar-refractivity contribution is 7.93. The van der Waals surface area contributed by atoms with E-state index in [0.717, 1.165) is 49.0 Å². The molecule has 4 aromatic rings. The predicted molar refractivity (Wildman–Crippen MR) is 119 cm³/mol. The first-order valence-electron chi connectivity index (χ1n) is 8.89. The van der Waals surface area contributed by atoms with Gasteiger partial charge in [0.2, 0.25) is 4.21 Å². The van der Waals surface area contributed by atoms with Crippen LogP contribution in [-0.4, -0.2) is 15.3 Å². The van der Waals surface area contributed by atoms with Crippen LogP contribution in [0.15, 0.2) is 58.1 Å². The van der Waals surface area contributed by atoms with E-state index in [0.29, 0.717) is 11.4 Å². The van der Waals surface area contributed by atoms with Crippen LogP contribution in [0.1, 0.15) is 19.8 Å². The number of anilines is 1. The number of rotatable bonds is 6. The Kier molecular flexibility index (Phi) is 5.50. The summed E-state index contributed by atoms with van der Waals surface area (Å²) in [7, 11) is 0. The molecule has 6 heteroatoms. The van der Waals surface area contributed by atoms with Crippen molar-refractivity contribution in [3.8, 4) is 21.7 Å². The zero-order valence-corrected chi connectivity index (χ0v) is 17.4. The molecule has 138 valence electrons. The quantitative estimate of drug-likeness (QED) is 0.385. The number of nitrogens with two attached hydrogens (primary N) is 1. The van der Waals surface area contributed by atoms with Gasteiger partial charge in [0.25, 0.3) is 0 Å². The molecule has 0 aliphatic heterocycles. The highest BCUT2D eigenvalue weighted by Gasteiger charge is 2.24. The maximum Gasteiger partial charge on any atom is 0.232 e. The smallest absolute Gasteiger partial charge is 0.232 e. The molecule has 4 rings (SSSR count). The summed E-state index contributed by atoms with van der Waals surface area (Å²) < 4.78 is 13.5. The molecule has 0 radical (unpaired) electrons. The molecular weight excluding hydrogens is 392 g/mol. The second kappa shape index (κ2) is 8.02. The Morgan fingerprint density at radius 1 is 1.15 bits per heavy atom. The van der Waals surface area contributed by atoms with Crippen molar-refractivity contribution in [2.45, 2.75) is 24.0 Å². The van der Waals surface area contributed by atoms with Gasteiger partial charge in [-0.05, 0) is 46.2 Å². The van der Waals surface area contributed by atoms with Crippen molar-refractivity contribution in [1.82, 2.24) is 4.98 Å². The van der Waals surface area contributed by atoms with Gasteiger partial charge in [0.1, 0.15) is 16.3 Å². The van der Waals surface area contributed by atoms with Gasteiger partial charge in [-0.3, -0.25) is 0 Å². The molecule has 0 aliphatic carbocycles. The van der Waals surface area contributed by atoms with Crippen LogP contribution in [0.25, 0.3) is 31.9 Å². The van der Waals surface area contributed by atoms with Crippen molar-refractivity contribution in [2.24, 2.45) is 0 Å². The summed E-state index contributed by atoms with van der Waals surface area (Å²) in [5.74, 6) is 0.645. The summed E-state index contributed by atoms with van der Waals surface area (Å²) in [6, 6.07) is 16.4. The maximum atomic E-state index is 12.8. The average Bonchev–Trinajstić information content (AvgIpc) is 3.35. The average molecular weight is 413 g/mol. The van der Waals surface area contributed by atoms with Crippen LogP contribution >= 0.6 is 22.7 Å². The van der Waals surface area contributed by atoms with Crippen molar-refractivity contribution in [3.63, 3.8) is 0 Å². The lowest BCUT2D eigenvalue weighted by molar-refractivity contribution is 0.594. The molecule has 0 aliphatic rings. The van der Waals surface area contributed by atoms with E-state index in [1.54, 1.807) is 11.3 Å². The van der Waals surface area contributed by atoms with Crippen molar-refractivity contribution in [1.29, 1.82) is 0 Å². The van der Waals surface area contributed by atoms with Crippen molar-refractivity contribution in [2.75, 3.05) is 11.5 Å². The van der Waals surface area contributed by atoms with Crippen LogP contribution in [-0.2, 0) is 11.2 Å². The minimum Gasteiger partial charge on any atom is -0.611 e. The lowest BCUT2D eigenvalue weighted by Crippen LogP contribution is -2.06. The Balaban J connectivity index is 1.93. The number of hydrogen-bond acceptors (Lipinski definition) is 5. The van der Waals surface area contributed by atoms with Gasteiger partial charge in [0, 0.05) is 5.39 Å². The van der Waals surface area contributed by atoms with E-state index in [1.165, 1.54) is 11.3 Å². The number of hydrogen-bond donors (Lipinski definition) is 1. The molecule has 2 N–H and O–H groups in total. The van der Waals surface area contributed by atoms with Crippen molar-refractivity contribution < 1.29 is 4.55 Å². The molecule has 1 atom stereocenters. The number of pyridine rings is 1. The summed E-state index contributed by atoms with van der Waals surface area (Å²) in [6.07, 6.45) is 1.95. The number of nitrogen functional groups attached to an aromatic ring is 1. The number of nitrogens with zero attached hydrogens (tertiary/aromatic N) is 1. The highest BCUT2D eigenvalue weighted by atomic mass is 32.2. The van der Waals surface area contributed by atoms with Crippen LogP contribution in [0.5, 0.6) is 0 Å². The third-order valence-corrected chi connectivity index (χ3v) is 8.30. The van der Waals surface area contributed by atoms with Crippen molar-refractivity contribution >= 4 is 49.8 Å². The summed E-state index contributed by atoms with van der Waals surface area (Å²) in [4.78, 5) is 6.84. The fourth-order valence-corrected chi connectivity index (χ4v) is 6.52. The molecule has 27 heavy (non-hydrogen) atoms. The Morgan fingerprint density at radius 3 is 2.67 bits per heavy atom. The van der Waals surface area contributed by atoms with E-state index in [2.05, 4.69) is 36.6 Å². The Hall–Kier alpha value is -1.86. The fraction of sp³-hybridized carbons (Fsp3) is 0.190. The van der Waals surface area contributed by atoms with Gasteiger partial charge in [-0.1, -0.05) is 61.1 Å². The topological polar surface area (TPSA) is 62.0 Å². The first-order valence-corrected chi connectivity index (χ1v) is 11.9. The Morgan fingerprint density at radius 2 is 1.96 bits per heavy atom. The monoisotopic (exact) mass is 412 g/mol. The second-order valence-corrected chi connectivity index (χ2v) is 10.00. The van der Waals surface area contributed by atoms with E-state index < -0.39 is 11.2 Å². The molecule has 0 spiro atoms. The predicted octanol–water partition coefficient (Wildman–Crippen LogP) is 6.18. The largest absolute Gasteiger partial charge is 0.611 e. The third kappa shape index (κ3) is 3.62. The standard InChI is InChI=1S/C21H20N2OS3/c1-2-3-12-27(24)21-19(22)18-15(14-8-5-4-6-9-14)13-16(23-20(18)26-21)17-10-7-11-25-17/h4-11,13H,2-3,12,22H2,1H3/t27-/m1/s1. The first-order chi connectivity index (χ1) is 13.2. The molecule has 0 bridgehead atoms. The number of aromatic nitrogens is 1. The lowest BCUT2D eigenvalue weighted by Gasteiger charge is -2.09. The molecule has 0 fully saturated rings. The van der Waals surface area contributed by atoms with Gasteiger partial charge < -0.3 is 10.3 Å². The highest BCUT2D eigenvalue weighted by Crippen LogP contribution is 2.43. The summed E-state index contributed by atoms with van der Waals surface area (Å²) in [5.41, 5.74) is 10.2. The van der Waals surface area contributed by atoms with Gasteiger partial charge in [-0.25, -0.2) is 4.98 Å². The Labute approximate surface area is 170 Å². The summed E-state index contributed by atoms with van der Waals surface area (Å²) in [5, 5.41) is 2.98. The maximum absolute atomic E-state index is 12.8. The zero-order chi connectivity index (χ0) is 18.8. The van der Waals surface area contributed by atoms with E-state index in [9.17, 15) is 4.55 Å². The van der Waals surface area contributed by atoms with Gasteiger partial charge in [0.15, 0.2) is 0 Å². The van der Waals surface area contributed by atoms with Gasteiger partial charge in [-0.15, -0.1) is 11.3 Å². The molecule has 1 aromatic carbocycles. The van der Waals surface area contributed by atoms with Gasteiger partial charge in [-0.2, -0.15) is 0 Å². The van der Waals surface area contributed by atoms with Crippen molar-refractivity contribution in [3.05, 3.63) is 53.9 Å². The normalized spacial score (nSPS) is 12.5. The molecule has 3 heterocycles. The number of benzene rings is 1. The lowest BCUT2D eigenvalue weighted by atomic mass is 10.0. The molecular formula is C21H20N2OS3. The second-order valence-electron chi connectivity index (χ2n) is 6.28. The van der Waals surface area contributed by atoms with Crippen LogP contribution in [0.3, 0.4) is 0 Å². The van der Waals surface area contributed by atoms with E-state index in [1.807, 2.05) is 24.3 Å².